The lowest BCUT2D eigenvalue weighted by atomic mass is 10.2. The molecule has 0 spiro atoms. The molecule has 0 heterocycles. The third kappa shape index (κ3) is 3.57. The van der Waals surface area contributed by atoms with Crippen LogP contribution in [0.15, 0.2) is 36.4 Å². The van der Waals surface area contributed by atoms with Crippen LogP contribution >= 0.6 is 34.8 Å². The Balaban J connectivity index is 2.10. The lowest BCUT2D eigenvalue weighted by Crippen LogP contribution is -1.99. The number of hydrogen-bond donors (Lipinski definition) is 1. The summed E-state index contributed by atoms with van der Waals surface area (Å²) in [6.07, 6.45) is 0. The number of rotatable bonds is 4. The summed E-state index contributed by atoms with van der Waals surface area (Å²) in [5, 5.41) is 9.99. The summed E-state index contributed by atoms with van der Waals surface area (Å²) in [5.74, 6) is -0.634. The van der Waals surface area contributed by atoms with Crippen LogP contribution in [0.2, 0.25) is 15.1 Å². The van der Waals surface area contributed by atoms with Gasteiger partial charge in [0.25, 0.3) is 0 Å². The molecule has 0 radical (unpaired) electrons. The molecule has 0 aliphatic carbocycles. The summed E-state index contributed by atoms with van der Waals surface area (Å²) in [7, 11) is 0. The Labute approximate surface area is 130 Å². The Morgan fingerprint density at radius 2 is 1.75 bits per heavy atom. The van der Waals surface area contributed by atoms with Crippen LogP contribution in [-0.2, 0) is 6.61 Å². The molecule has 0 saturated heterocycles. The highest BCUT2D eigenvalue weighted by Crippen LogP contribution is 2.27. The minimum absolute atomic E-state index is 0.108. The number of aromatic carboxylic acids is 1. The standard InChI is InChI=1S/C14H9Cl3O3/c15-10-3-1-8(5-11(10)16)7-20-13-4-2-9(14(18)19)6-12(13)17/h1-6H,7H2,(H,18,19). The minimum Gasteiger partial charge on any atom is -0.487 e. The van der Waals surface area contributed by atoms with Gasteiger partial charge >= 0.3 is 5.97 Å². The lowest BCUT2D eigenvalue weighted by molar-refractivity contribution is 0.0697. The molecule has 0 saturated carbocycles. The van der Waals surface area contributed by atoms with E-state index in [4.69, 9.17) is 44.6 Å². The summed E-state index contributed by atoms with van der Waals surface area (Å²) in [6, 6.07) is 9.45. The molecule has 0 fully saturated rings. The number of halogens is 3. The Kier molecular flexibility index (Phi) is 4.76. The van der Waals surface area contributed by atoms with Crippen LogP contribution in [0.1, 0.15) is 15.9 Å². The van der Waals surface area contributed by atoms with Crippen molar-refractivity contribution in [2.45, 2.75) is 6.61 Å². The SMILES string of the molecule is O=C(O)c1ccc(OCc2ccc(Cl)c(Cl)c2)c(Cl)c1. The predicted molar refractivity (Wildman–Crippen MR) is 79.2 cm³/mol. The predicted octanol–water partition coefficient (Wildman–Crippen LogP) is 4.92. The van der Waals surface area contributed by atoms with E-state index >= 15 is 0 Å². The molecular formula is C14H9Cl3O3. The first kappa shape index (κ1) is 15.0. The van der Waals surface area contributed by atoms with Crippen LogP contribution in [0.3, 0.4) is 0 Å². The molecule has 2 rings (SSSR count). The van der Waals surface area contributed by atoms with Crippen LogP contribution in [-0.4, -0.2) is 11.1 Å². The van der Waals surface area contributed by atoms with E-state index in [1.807, 2.05) is 0 Å². The van der Waals surface area contributed by atoms with Crippen molar-refractivity contribution >= 4 is 40.8 Å². The second-order valence-corrected chi connectivity index (χ2v) is 5.21. The van der Waals surface area contributed by atoms with Crippen LogP contribution in [0.25, 0.3) is 0 Å². The van der Waals surface area contributed by atoms with Crippen LogP contribution < -0.4 is 4.74 Å². The van der Waals surface area contributed by atoms with Gasteiger partial charge in [-0.3, -0.25) is 0 Å². The summed E-state index contributed by atoms with van der Waals surface area (Å²) in [4.78, 5) is 10.8. The van der Waals surface area contributed by atoms with Crippen LogP contribution in [0.5, 0.6) is 5.75 Å². The number of benzene rings is 2. The van der Waals surface area contributed by atoms with E-state index in [2.05, 4.69) is 0 Å². The van der Waals surface area contributed by atoms with Gasteiger partial charge in [-0.15, -0.1) is 0 Å². The highest BCUT2D eigenvalue weighted by atomic mass is 35.5. The van der Waals surface area contributed by atoms with Crippen molar-refractivity contribution in [2.24, 2.45) is 0 Å². The fourth-order valence-electron chi connectivity index (χ4n) is 1.54. The quantitative estimate of drug-likeness (QED) is 0.864. The molecule has 6 heteroatoms. The van der Waals surface area contributed by atoms with Gasteiger partial charge in [0.15, 0.2) is 0 Å². The van der Waals surface area contributed by atoms with E-state index in [0.29, 0.717) is 15.8 Å². The molecule has 0 aromatic heterocycles. The normalized spacial score (nSPS) is 10.3. The molecule has 1 N–H and O–H groups in total. The van der Waals surface area contributed by atoms with E-state index in [9.17, 15) is 4.79 Å². The largest absolute Gasteiger partial charge is 0.487 e. The fraction of sp³-hybridized carbons (Fsp3) is 0.0714. The fourth-order valence-corrected chi connectivity index (χ4v) is 2.10. The van der Waals surface area contributed by atoms with E-state index in [1.54, 1.807) is 18.2 Å². The van der Waals surface area contributed by atoms with Crippen molar-refractivity contribution in [1.29, 1.82) is 0 Å². The summed E-state index contributed by atoms with van der Waals surface area (Å²) >= 11 is 17.7. The van der Waals surface area contributed by atoms with Gasteiger partial charge in [-0.05, 0) is 35.9 Å². The maximum Gasteiger partial charge on any atom is 0.335 e. The van der Waals surface area contributed by atoms with E-state index in [1.165, 1.54) is 18.2 Å². The molecule has 3 nitrogen and oxygen atoms in total. The van der Waals surface area contributed by atoms with Gasteiger partial charge in [0.1, 0.15) is 12.4 Å². The molecule has 0 unspecified atom stereocenters. The monoisotopic (exact) mass is 330 g/mol. The van der Waals surface area contributed by atoms with Gasteiger partial charge in [0.2, 0.25) is 0 Å². The molecule has 2 aromatic carbocycles. The zero-order valence-electron chi connectivity index (χ0n) is 10.1. The Hall–Kier alpha value is -1.42. The molecule has 0 aliphatic heterocycles. The Morgan fingerprint density at radius 1 is 1.00 bits per heavy atom. The van der Waals surface area contributed by atoms with Gasteiger partial charge in [-0.2, -0.15) is 0 Å². The first-order valence-corrected chi connectivity index (χ1v) is 6.70. The summed E-state index contributed by atoms with van der Waals surface area (Å²) < 4.78 is 5.53. The van der Waals surface area contributed by atoms with E-state index < -0.39 is 5.97 Å². The van der Waals surface area contributed by atoms with Gasteiger partial charge < -0.3 is 9.84 Å². The Morgan fingerprint density at radius 3 is 2.35 bits per heavy atom. The number of carboxylic acids is 1. The average molecular weight is 332 g/mol. The summed E-state index contributed by atoms with van der Waals surface area (Å²) in [5.41, 5.74) is 0.940. The van der Waals surface area contributed by atoms with Gasteiger partial charge in [-0.25, -0.2) is 4.79 Å². The lowest BCUT2D eigenvalue weighted by Gasteiger charge is -2.09. The smallest absolute Gasteiger partial charge is 0.335 e. The number of carboxylic acid groups (broad SMARTS) is 1. The average Bonchev–Trinajstić information content (AvgIpc) is 2.41. The van der Waals surface area contributed by atoms with E-state index in [0.717, 1.165) is 5.56 Å². The minimum atomic E-state index is -1.04. The van der Waals surface area contributed by atoms with Gasteiger partial charge in [-0.1, -0.05) is 40.9 Å². The van der Waals surface area contributed by atoms with Crippen molar-refractivity contribution in [3.05, 3.63) is 62.6 Å². The molecular weight excluding hydrogens is 323 g/mol. The molecule has 20 heavy (non-hydrogen) atoms. The highest BCUT2D eigenvalue weighted by Gasteiger charge is 2.08. The maximum atomic E-state index is 10.8. The molecule has 104 valence electrons. The molecule has 0 amide bonds. The van der Waals surface area contributed by atoms with Crippen molar-refractivity contribution < 1.29 is 14.6 Å². The molecule has 0 atom stereocenters. The second kappa shape index (κ2) is 6.35. The van der Waals surface area contributed by atoms with Crippen molar-refractivity contribution in [2.75, 3.05) is 0 Å². The number of hydrogen-bond acceptors (Lipinski definition) is 2. The zero-order valence-corrected chi connectivity index (χ0v) is 12.3. The highest BCUT2D eigenvalue weighted by molar-refractivity contribution is 6.42. The van der Waals surface area contributed by atoms with Crippen LogP contribution in [0.4, 0.5) is 0 Å². The molecule has 0 bridgehead atoms. The van der Waals surface area contributed by atoms with E-state index in [-0.39, 0.29) is 17.2 Å². The first-order valence-electron chi connectivity index (χ1n) is 5.57. The van der Waals surface area contributed by atoms with Crippen LogP contribution in [0, 0.1) is 0 Å². The Bertz CT molecular complexity index is 656. The third-order valence-electron chi connectivity index (χ3n) is 2.56. The number of ether oxygens (including phenoxy) is 1. The van der Waals surface area contributed by atoms with Gasteiger partial charge in [0, 0.05) is 0 Å². The second-order valence-electron chi connectivity index (χ2n) is 3.99. The first-order chi connectivity index (χ1) is 9.47. The van der Waals surface area contributed by atoms with Crippen molar-refractivity contribution in [3.63, 3.8) is 0 Å². The molecule has 2 aromatic rings. The molecule has 0 aliphatic rings. The zero-order chi connectivity index (χ0) is 14.7. The van der Waals surface area contributed by atoms with Crippen molar-refractivity contribution in [3.8, 4) is 5.75 Å². The summed E-state index contributed by atoms with van der Waals surface area (Å²) in [6.45, 7) is 0.253. The maximum absolute atomic E-state index is 10.8. The number of carbonyl (C=O) groups is 1. The van der Waals surface area contributed by atoms with Gasteiger partial charge in [0.05, 0.1) is 20.6 Å². The topological polar surface area (TPSA) is 46.5 Å². The third-order valence-corrected chi connectivity index (χ3v) is 3.59. The van der Waals surface area contributed by atoms with Crippen molar-refractivity contribution in [1.82, 2.24) is 0 Å².